The van der Waals surface area contributed by atoms with E-state index in [-0.39, 0.29) is 34.0 Å². The average molecular weight is 316 g/mol. The maximum atomic E-state index is 12.3. The number of rotatable bonds is 1. The number of hydrogen-bond donors (Lipinski definition) is 0. The molecule has 0 radical (unpaired) electrons. The number of thioether (sulfide) groups is 1. The fraction of sp³-hybridized carbons (Fsp3) is 0.143. The highest BCUT2D eigenvalue weighted by Gasteiger charge is 2.32. The van der Waals surface area contributed by atoms with E-state index in [9.17, 15) is 20.2 Å². The van der Waals surface area contributed by atoms with Crippen LogP contribution in [0.2, 0.25) is 0 Å². The molecule has 7 nitrogen and oxygen atoms in total. The smallest absolute Gasteiger partial charge is 0.368 e. The number of nitro benzene ring substituents is 1. The second-order valence-electron chi connectivity index (χ2n) is 4.70. The van der Waals surface area contributed by atoms with Crippen molar-refractivity contribution < 1.29 is 14.4 Å². The molecule has 0 amide bonds. The van der Waals surface area contributed by atoms with Crippen molar-refractivity contribution in [2.24, 2.45) is 0 Å². The van der Waals surface area contributed by atoms with Gasteiger partial charge < -0.3 is 9.46 Å². The van der Waals surface area contributed by atoms with Crippen molar-refractivity contribution in [2.75, 3.05) is 0 Å². The Morgan fingerprint density at radius 2 is 2.18 bits per heavy atom. The summed E-state index contributed by atoms with van der Waals surface area (Å²) in [4.78, 5) is 23.1. The molecule has 3 rings (SSSR count). The monoisotopic (exact) mass is 316 g/mol. The predicted molar refractivity (Wildman–Crippen MR) is 76.1 cm³/mol. The van der Waals surface area contributed by atoms with Crippen LogP contribution in [0.5, 0.6) is 0 Å². The van der Waals surface area contributed by atoms with Gasteiger partial charge in [-0.25, -0.2) is 0 Å². The van der Waals surface area contributed by atoms with Crippen LogP contribution in [-0.4, -0.2) is 4.92 Å². The molecule has 0 unspecified atom stereocenters. The molecule has 0 fully saturated rings. The van der Waals surface area contributed by atoms with Crippen molar-refractivity contribution >= 4 is 17.4 Å². The molecule has 1 aromatic heterocycles. The number of fused-ring (bicyclic) bond motifs is 3. The van der Waals surface area contributed by atoms with Gasteiger partial charge in [-0.2, -0.15) is 5.26 Å². The summed E-state index contributed by atoms with van der Waals surface area (Å²) in [6, 6.07) is 5.77. The highest BCUT2D eigenvalue weighted by Crippen LogP contribution is 2.43. The fourth-order valence-electron chi connectivity index (χ4n) is 2.39. The number of nitro groups is 1. The zero-order chi connectivity index (χ0) is 16.0. The lowest BCUT2D eigenvalue weighted by atomic mass is 10.0. The van der Waals surface area contributed by atoms with Crippen LogP contribution in [0, 0.1) is 28.4 Å². The van der Waals surface area contributed by atoms with Gasteiger partial charge in [0.2, 0.25) is 5.43 Å². The summed E-state index contributed by atoms with van der Waals surface area (Å²) in [6.45, 7) is 1.43. The standard InChI is InChI=1S/C14H8N2O5S/c1-7-11(5-15)21(20)14-9-3-2-8(16(18)19)4-12(9)22-6-10(14)13(7)17/h2-4H,6H2,1H3. The Hall–Kier alpha value is -2.79. The predicted octanol–water partition coefficient (Wildman–Crippen LogP) is 1.81. The van der Waals surface area contributed by atoms with E-state index in [0.717, 1.165) is 0 Å². The largest absolute Gasteiger partial charge is 0.555 e. The number of non-ortho nitro benzene ring substituents is 1. The molecule has 2 aromatic rings. The Bertz CT molecular complexity index is 926. The van der Waals surface area contributed by atoms with Gasteiger partial charge in [-0.1, -0.05) is 0 Å². The Balaban J connectivity index is 2.36. The van der Waals surface area contributed by atoms with Crippen LogP contribution in [0.3, 0.4) is 0 Å². The fourth-order valence-corrected chi connectivity index (χ4v) is 3.47. The maximum Gasteiger partial charge on any atom is 0.368 e. The molecular formula is C14H8N2O5S. The molecule has 2 heterocycles. The third kappa shape index (κ3) is 1.87. The van der Waals surface area contributed by atoms with Crippen molar-refractivity contribution in [2.45, 2.75) is 17.6 Å². The normalized spacial score (nSPS) is 12.2. The minimum Gasteiger partial charge on any atom is -0.555 e. The lowest BCUT2D eigenvalue weighted by Crippen LogP contribution is -2.22. The molecule has 22 heavy (non-hydrogen) atoms. The van der Waals surface area contributed by atoms with E-state index in [1.807, 2.05) is 0 Å². The van der Waals surface area contributed by atoms with Crippen molar-refractivity contribution in [1.29, 1.82) is 5.26 Å². The molecule has 8 heteroatoms. The topological polar surface area (TPSA) is 110 Å². The first-order valence-electron chi connectivity index (χ1n) is 6.18. The molecule has 0 spiro atoms. The number of hydrogen-bond acceptors (Lipinski definition) is 6. The maximum absolute atomic E-state index is 12.3. The summed E-state index contributed by atoms with van der Waals surface area (Å²) < 4.78 is 1.39. The molecule has 0 bridgehead atoms. The van der Waals surface area contributed by atoms with Crippen molar-refractivity contribution in [1.82, 2.24) is 0 Å². The third-order valence-corrected chi connectivity index (χ3v) is 4.58. The van der Waals surface area contributed by atoms with Gasteiger partial charge in [0.25, 0.3) is 11.4 Å². The van der Waals surface area contributed by atoms with Crippen molar-refractivity contribution in [3.05, 3.63) is 55.4 Å². The summed E-state index contributed by atoms with van der Waals surface area (Å²) in [5.74, 6) is -0.0554. The Kier molecular flexibility index (Phi) is 3.15. The van der Waals surface area contributed by atoms with E-state index >= 15 is 0 Å². The van der Waals surface area contributed by atoms with Crippen LogP contribution in [0.25, 0.3) is 11.3 Å². The molecule has 110 valence electrons. The summed E-state index contributed by atoms with van der Waals surface area (Å²) in [7, 11) is 0. The van der Waals surface area contributed by atoms with E-state index in [0.29, 0.717) is 16.0 Å². The van der Waals surface area contributed by atoms with Crippen LogP contribution >= 0.6 is 11.8 Å². The van der Waals surface area contributed by atoms with E-state index in [1.165, 1.54) is 41.1 Å². The highest BCUT2D eigenvalue weighted by molar-refractivity contribution is 7.98. The molecule has 0 saturated heterocycles. The Morgan fingerprint density at radius 1 is 1.45 bits per heavy atom. The summed E-state index contributed by atoms with van der Waals surface area (Å²) in [6.07, 6.45) is 0. The second-order valence-corrected chi connectivity index (χ2v) is 5.71. The third-order valence-electron chi connectivity index (χ3n) is 3.49. The zero-order valence-electron chi connectivity index (χ0n) is 11.3. The SMILES string of the molecule is Cc1c(C#N)[o+]([O-])c2c(c1=O)CSc1cc([N+](=O)[O-])ccc1-2. The zero-order valence-corrected chi connectivity index (χ0v) is 12.1. The van der Waals surface area contributed by atoms with Gasteiger partial charge in [0.15, 0.2) is 6.07 Å². The molecule has 1 aromatic carbocycles. The molecule has 0 atom stereocenters. The van der Waals surface area contributed by atoms with Crippen LogP contribution in [0.4, 0.5) is 5.69 Å². The molecule has 1 aliphatic rings. The van der Waals surface area contributed by atoms with E-state index in [1.54, 1.807) is 6.07 Å². The lowest BCUT2D eigenvalue weighted by Gasteiger charge is -2.20. The molecule has 1 aliphatic heterocycles. The second kappa shape index (κ2) is 4.89. The molecular weight excluding hydrogens is 308 g/mol. The molecule has 0 saturated carbocycles. The van der Waals surface area contributed by atoms with Crippen LogP contribution in [0.15, 0.2) is 32.1 Å². The number of nitrogens with zero attached hydrogens (tertiary/aromatic N) is 2. The number of nitriles is 1. The summed E-state index contributed by atoms with van der Waals surface area (Å²) in [5, 5.41) is 32.2. The minimum atomic E-state index is -0.524. The molecule has 0 N–H and O–H groups in total. The summed E-state index contributed by atoms with van der Waals surface area (Å²) in [5.41, 5.74) is 0.357. The minimum absolute atomic E-state index is 0.0378. The Morgan fingerprint density at radius 3 is 2.82 bits per heavy atom. The highest BCUT2D eigenvalue weighted by atomic mass is 32.2. The van der Waals surface area contributed by atoms with Gasteiger partial charge >= 0.3 is 5.76 Å². The van der Waals surface area contributed by atoms with Gasteiger partial charge in [-0.15, -0.1) is 11.8 Å². The average Bonchev–Trinajstić information content (AvgIpc) is 2.51. The van der Waals surface area contributed by atoms with Gasteiger partial charge in [0.05, 0.1) is 10.5 Å². The van der Waals surface area contributed by atoms with Gasteiger partial charge in [0, 0.05) is 22.8 Å². The number of benzene rings is 1. The van der Waals surface area contributed by atoms with Crippen LogP contribution < -0.4 is 10.7 Å². The van der Waals surface area contributed by atoms with Crippen molar-refractivity contribution in [3.63, 3.8) is 0 Å². The first kappa shape index (κ1) is 14.2. The van der Waals surface area contributed by atoms with E-state index in [4.69, 9.17) is 5.26 Å². The first-order valence-corrected chi connectivity index (χ1v) is 7.16. The van der Waals surface area contributed by atoms with Gasteiger partial charge in [-0.3, -0.25) is 14.9 Å². The molecule has 0 aliphatic carbocycles. The van der Waals surface area contributed by atoms with Crippen molar-refractivity contribution in [3.8, 4) is 17.4 Å². The van der Waals surface area contributed by atoms with Gasteiger partial charge in [0.1, 0.15) is 11.1 Å². The van der Waals surface area contributed by atoms with E-state index < -0.39 is 4.92 Å². The van der Waals surface area contributed by atoms with Crippen LogP contribution in [0.1, 0.15) is 16.9 Å². The first-order chi connectivity index (χ1) is 10.5. The Labute approximate surface area is 128 Å². The summed E-state index contributed by atoms with van der Waals surface area (Å²) >= 11 is 1.26. The quantitative estimate of drug-likeness (QED) is 0.343. The van der Waals surface area contributed by atoms with E-state index in [2.05, 4.69) is 0 Å². The van der Waals surface area contributed by atoms with Gasteiger partial charge in [-0.05, 0) is 13.0 Å². The lowest BCUT2D eigenvalue weighted by molar-refractivity contribution is -0.695. The van der Waals surface area contributed by atoms with Crippen LogP contribution in [-0.2, 0) is 5.75 Å².